The van der Waals surface area contributed by atoms with Gasteiger partial charge >= 0.3 is 0 Å². The minimum atomic E-state index is 0.215. The zero-order valence-electron chi connectivity index (χ0n) is 15.0. The third-order valence-electron chi connectivity index (χ3n) is 4.68. The second kappa shape index (κ2) is 8.17. The van der Waals surface area contributed by atoms with Gasteiger partial charge in [0.2, 0.25) is 5.91 Å². The molecule has 1 heterocycles. The number of likely N-dealkylation sites (N-methyl/N-ethyl adjacent to an activating group) is 1. The Labute approximate surface area is 149 Å². The molecule has 2 aromatic rings. The van der Waals surface area contributed by atoms with Crippen molar-refractivity contribution in [2.75, 3.05) is 26.7 Å². The summed E-state index contributed by atoms with van der Waals surface area (Å²) < 4.78 is 5.61. The first kappa shape index (κ1) is 17.5. The van der Waals surface area contributed by atoms with Crippen molar-refractivity contribution in [3.8, 4) is 16.9 Å². The van der Waals surface area contributed by atoms with Gasteiger partial charge < -0.3 is 15.0 Å². The largest absolute Gasteiger partial charge is 0.494 e. The summed E-state index contributed by atoms with van der Waals surface area (Å²) in [5.74, 6) is 1.12. The molecule has 0 radical (unpaired) electrons. The Bertz CT molecular complexity index is 729. The predicted octanol–water partition coefficient (Wildman–Crippen LogP) is 3.64. The predicted molar refractivity (Wildman–Crippen MR) is 101 cm³/mol. The molecule has 1 amide bonds. The molecule has 0 unspecified atom stereocenters. The van der Waals surface area contributed by atoms with Crippen LogP contribution in [0.5, 0.6) is 5.75 Å². The van der Waals surface area contributed by atoms with Crippen LogP contribution in [0.25, 0.3) is 11.1 Å². The molecule has 1 aliphatic rings. The van der Waals surface area contributed by atoms with Crippen molar-refractivity contribution in [2.24, 2.45) is 0 Å². The highest BCUT2D eigenvalue weighted by atomic mass is 16.5. The minimum absolute atomic E-state index is 0.215. The third kappa shape index (κ3) is 4.40. The number of benzene rings is 2. The first-order valence-corrected chi connectivity index (χ1v) is 8.98. The third-order valence-corrected chi connectivity index (χ3v) is 4.68. The number of rotatable bonds is 4. The van der Waals surface area contributed by atoms with Gasteiger partial charge in [-0.1, -0.05) is 30.3 Å². The zero-order valence-corrected chi connectivity index (χ0v) is 15.0. The van der Waals surface area contributed by atoms with Gasteiger partial charge in [-0.05, 0) is 48.2 Å². The number of nitrogens with one attached hydrogen (secondary N) is 1. The van der Waals surface area contributed by atoms with Crippen LogP contribution in [0.4, 0.5) is 0 Å². The topological polar surface area (TPSA) is 41.6 Å². The maximum absolute atomic E-state index is 12.0. The van der Waals surface area contributed by atoms with E-state index in [1.165, 1.54) is 11.1 Å². The number of nitrogens with zero attached hydrogens (tertiary/aromatic N) is 1. The van der Waals surface area contributed by atoms with Crippen molar-refractivity contribution in [3.05, 3.63) is 54.1 Å². The van der Waals surface area contributed by atoms with Crippen molar-refractivity contribution >= 4 is 5.91 Å². The molecule has 0 spiro atoms. The number of ether oxygens (including phenoxy) is 1. The van der Waals surface area contributed by atoms with Gasteiger partial charge in [0.15, 0.2) is 0 Å². The lowest BCUT2D eigenvalue weighted by molar-refractivity contribution is -0.130. The molecule has 1 N–H and O–H groups in total. The molecule has 1 atom stereocenters. The first-order valence-electron chi connectivity index (χ1n) is 8.98. The van der Waals surface area contributed by atoms with E-state index >= 15 is 0 Å². The normalized spacial score (nSPS) is 18.6. The van der Waals surface area contributed by atoms with Crippen molar-refractivity contribution < 1.29 is 9.53 Å². The lowest BCUT2D eigenvalue weighted by atomic mass is 9.96. The standard InChI is InChI=1S/C21H26N2O2/c1-3-25-19-9-5-7-17(15-19)16-6-4-8-18(14-16)20-10-11-21(24)23(2)13-12-22-20/h4-9,14-15,20,22H,3,10-13H2,1-2H3/t20-/m1/s1. The molecule has 4 nitrogen and oxygen atoms in total. The van der Waals surface area contributed by atoms with Crippen LogP contribution in [0.15, 0.2) is 48.5 Å². The van der Waals surface area contributed by atoms with Gasteiger partial charge in [-0.15, -0.1) is 0 Å². The van der Waals surface area contributed by atoms with Gasteiger partial charge in [0.25, 0.3) is 0 Å². The second-order valence-electron chi connectivity index (χ2n) is 6.45. The van der Waals surface area contributed by atoms with Crippen LogP contribution in [0.2, 0.25) is 0 Å². The van der Waals surface area contributed by atoms with Crippen molar-refractivity contribution in [1.29, 1.82) is 0 Å². The summed E-state index contributed by atoms with van der Waals surface area (Å²) in [5.41, 5.74) is 3.55. The Balaban J connectivity index is 1.81. The average Bonchev–Trinajstić information content (AvgIpc) is 2.63. The summed E-state index contributed by atoms with van der Waals surface area (Å²) in [5, 5.41) is 3.58. The fourth-order valence-corrected chi connectivity index (χ4v) is 3.24. The van der Waals surface area contributed by atoms with E-state index in [0.29, 0.717) is 13.0 Å². The van der Waals surface area contributed by atoms with Crippen molar-refractivity contribution in [1.82, 2.24) is 10.2 Å². The second-order valence-corrected chi connectivity index (χ2v) is 6.45. The Morgan fingerprint density at radius 2 is 1.92 bits per heavy atom. The molecule has 1 aliphatic heterocycles. The molecule has 25 heavy (non-hydrogen) atoms. The molecule has 4 heteroatoms. The van der Waals surface area contributed by atoms with Gasteiger partial charge in [-0.25, -0.2) is 0 Å². The van der Waals surface area contributed by atoms with Crippen LogP contribution in [-0.4, -0.2) is 37.6 Å². The monoisotopic (exact) mass is 338 g/mol. The fourth-order valence-electron chi connectivity index (χ4n) is 3.24. The lowest BCUT2D eigenvalue weighted by Gasteiger charge is -2.26. The smallest absolute Gasteiger partial charge is 0.222 e. The van der Waals surface area contributed by atoms with Crippen LogP contribution in [-0.2, 0) is 4.79 Å². The lowest BCUT2D eigenvalue weighted by Crippen LogP contribution is -2.38. The first-order chi connectivity index (χ1) is 12.2. The maximum Gasteiger partial charge on any atom is 0.222 e. The number of carbonyl (C=O) groups is 1. The molecular formula is C21H26N2O2. The highest BCUT2D eigenvalue weighted by Crippen LogP contribution is 2.28. The molecular weight excluding hydrogens is 312 g/mol. The molecule has 0 aliphatic carbocycles. The van der Waals surface area contributed by atoms with E-state index in [1.54, 1.807) is 4.90 Å². The van der Waals surface area contributed by atoms with E-state index in [-0.39, 0.29) is 11.9 Å². The Kier molecular flexibility index (Phi) is 5.71. The molecule has 0 aromatic heterocycles. The van der Waals surface area contributed by atoms with E-state index < -0.39 is 0 Å². The number of amides is 1. The van der Waals surface area contributed by atoms with E-state index in [9.17, 15) is 4.79 Å². The van der Waals surface area contributed by atoms with Gasteiger partial charge in [0, 0.05) is 32.6 Å². The number of hydrogen-bond acceptors (Lipinski definition) is 3. The van der Waals surface area contributed by atoms with Crippen LogP contribution in [0, 0.1) is 0 Å². The zero-order chi connectivity index (χ0) is 17.6. The van der Waals surface area contributed by atoms with E-state index in [0.717, 1.165) is 30.8 Å². The highest BCUT2D eigenvalue weighted by Gasteiger charge is 2.19. The Morgan fingerprint density at radius 3 is 2.72 bits per heavy atom. The summed E-state index contributed by atoms with van der Waals surface area (Å²) in [6.07, 6.45) is 1.41. The van der Waals surface area contributed by atoms with E-state index in [2.05, 4.69) is 41.7 Å². The van der Waals surface area contributed by atoms with Gasteiger partial charge in [0.1, 0.15) is 5.75 Å². The maximum atomic E-state index is 12.0. The summed E-state index contributed by atoms with van der Waals surface area (Å²) in [6, 6.07) is 17.0. The Hall–Kier alpha value is -2.33. The summed E-state index contributed by atoms with van der Waals surface area (Å²) in [7, 11) is 1.87. The van der Waals surface area contributed by atoms with Crippen molar-refractivity contribution in [3.63, 3.8) is 0 Å². The summed E-state index contributed by atoms with van der Waals surface area (Å²) >= 11 is 0. The SMILES string of the molecule is CCOc1cccc(-c2cccc([C@H]3CCC(=O)N(C)CCN3)c2)c1. The van der Waals surface area contributed by atoms with E-state index in [1.807, 2.05) is 26.1 Å². The van der Waals surface area contributed by atoms with Crippen molar-refractivity contribution in [2.45, 2.75) is 25.8 Å². The number of hydrogen-bond donors (Lipinski definition) is 1. The molecule has 2 aromatic carbocycles. The van der Waals surface area contributed by atoms with Crippen LogP contribution in [0.3, 0.4) is 0 Å². The molecule has 1 saturated heterocycles. The molecule has 132 valence electrons. The summed E-state index contributed by atoms with van der Waals surface area (Å²) in [6.45, 7) is 4.23. The Morgan fingerprint density at radius 1 is 1.16 bits per heavy atom. The van der Waals surface area contributed by atoms with Crippen LogP contribution in [0.1, 0.15) is 31.4 Å². The highest BCUT2D eigenvalue weighted by molar-refractivity contribution is 5.76. The van der Waals surface area contributed by atoms with Crippen LogP contribution >= 0.6 is 0 Å². The summed E-state index contributed by atoms with van der Waals surface area (Å²) in [4.78, 5) is 13.8. The molecule has 0 saturated carbocycles. The quantitative estimate of drug-likeness (QED) is 0.925. The fraction of sp³-hybridized carbons (Fsp3) is 0.381. The van der Waals surface area contributed by atoms with Gasteiger partial charge in [-0.3, -0.25) is 4.79 Å². The number of carbonyl (C=O) groups excluding carboxylic acids is 1. The molecule has 3 rings (SSSR count). The van der Waals surface area contributed by atoms with Crippen LogP contribution < -0.4 is 10.1 Å². The molecule has 0 bridgehead atoms. The van der Waals surface area contributed by atoms with Gasteiger partial charge in [0.05, 0.1) is 6.61 Å². The average molecular weight is 338 g/mol. The van der Waals surface area contributed by atoms with E-state index in [4.69, 9.17) is 4.74 Å². The molecule has 1 fully saturated rings. The van der Waals surface area contributed by atoms with Gasteiger partial charge in [-0.2, -0.15) is 0 Å². The minimum Gasteiger partial charge on any atom is -0.494 e.